The van der Waals surface area contributed by atoms with Crippen LogP contribution >= 0.6 is 0 Å². The van der Waals surface area contributed by atoms with Crippen LogP contribution in [-0.4, -0.2) is 68.0 Å². The molecule has 0 saturated carbocycles. The van der Waals surface area contributed by atoms with E-state index in [9.17, 15) is 27.6 Å². The highest BCUT2D eigenvalue weighted by Crippen LogP contribution is 2.41. The molecule has 1 aromatic carbocycles. The zero-order chi connectivity index (χ0) is 22.8. The van der Waals surface area contributed by atoms with Crippen molar-refractivity contribution in [3.63, 3.8) is 0 Å². The third kappa shape index (κ3) is 4.66. The molecular weight excluding hydrogens is 417 g/mol. The predicted octanol–water partition coefficient (Wildman–Crippen LogP) is 1.65. The number of nitrogens with zero attached hydrogens (tertiary/aromatic N) is 2. The Hall–Kier alpha value is -3.08. The van der Waals surface area contributed by atoms with E-state index in [1.807, 2.05) is 0 Å². The second-order valence-electron chi connectivity index (χ2n) is 7.24. The SMILES string of the molecule is COCCCNC(=O)CN1CC2=C(C1=O)C(c1ccccc1C(F)(F)F)NC(=O)N2C. The predicted molar refractivity (Wildman–Crippen MR) is 104 cm³/mol. The van der Waals surface area contributed by atoms with Crippen LogP contribution in [0.3, 0.4) is 0 Å². The fourth-order valence-corrected chi connectivity index (χ4v) is 3.66. The first-order valence-corrected chi connectivity index (χ1v) is 9.63. The molecule has 1 unspecified atom stereocenters. The van der Waals surface area contributed by atoms with Gasteiger partial charge in [0.1, 0.15) is 6.54 Å². The van der Waals surface area contributed by atoms with Crippen LogP contribution in [0, 0.1) is 0 Å². The number of carbonyl (C=O) groups is 3. The fourth-order valence-electron chi connectivity index (χ4n) is 3.66. The van der Waals surface area contributed by atoms with Crippen LogP contribution < -0.4 is 10.6 Å². The Labute approximate surface area is 177 Å². The summed E-state index contributed by atoms with van der Waals surface area (Å²) in [5, 5.41) is 5.15. The van der Waals surface area contributed by atoms with Gasteiger partial charge in [-0.3, -0.25) is 14.5 Å². The highest BCUT2D eigenvalue weighted by atomic mass is 19.4. The molecular formula is C20H23F3N4O4. The topological polar surface area (TPSA) is 91.0 Å². The summed E-state index contributed by atoms with van der Waals surface area (Å²) in [6, 6.07) is 2.92. The highest BCUT2D eigenvalue weighted by molar-refractivity contribution is 6.03. The van der Waals surface area contributed by atoms with Gasteiger partial charge in [-0.05, 0) is 18.1 Å². The van der Waals surface area contributed by atoms with Crippen molar-refractivity contribution >= 4 is 17.8 Å². The third-order valence-electron chi connectivity index (χ3n) is 5.19. The summed E-state index contributed by atoms with van der Waals surface area (Å²) in [7, 11) is 2.97. The van der Waals surface area contributed by atoms with Crippen molar-refractivity contribution in [2.75, 3.05) is 40.4 Å². The number of carbonyl (C=O) groups excluding carboxylic acids is 3. The van der Waals surface area contributed by atoms with Crippen LogP contribution in [0.4, 0.5) is 18.0 Å². The molecule has 0 fully saturated rings. The number of amides is 4. The second-order valence-corrected chi connectivity index (χ2v) is 7.24. The molecule has 2 N–H and O–H groups in total. The summed E-state index contributed by atoms with van der Waals surface area (Å²) >= 11 is 0. The van der Waals surface area contributed by atoms with Gasteiger partial charge in [0.05, 0.1) is 29.4 Å². The van der Waals surface area contributed by atoms with E-state index in [-0.39, 0.29) is 29.9 Å². The van der Waals surface area contributed by atoms with E-state index >= 15 is 0 Å². The minimum Gasteiger partial charge on any atom is -0.385 e. The molecule has 8 nitrogen and oxygen atoms in total. The molecule has 0 radical (unpaired) electrons. The molecule has 1 atom stereocenters. The summed E-state index contributed by atoms with van der Waals surface area (Å²) in [6.07, 6.45) is -4.06. The number of rotatable bonds is 7. The number of urea groups is 1. The number of alkyl halides is 3. The molecule has 2 aliphatic rings. The van der Waals surface area contributed by atoms with Crippen molar-refractivity contribution in [2.24, 2.45) is 0 Å². The van der Waals surface area contributed by atoms with Gasteiger partial charge in [-0.2, -0.15) is 13.2 Å². The van der Waals surface area contributed by atoms with Crippen LogP contribution in [-0.2, 0) is 20.5 Å². The Morgan fingerprint density at radius 3 is 2.68 bits per heavy atom. The summed E-state index contributed by atoms with van der Waals surface area (Å²) in [5.74, 6) is -0.991. The number of nitrogens with one attached hydrogen (secondary N) is 2. The number of hydrogen-bond acceptors (Lipinski definition) is 4. The van der Waals surface area contributed by atoms with Crippen molar-refractivity contribution < 1.29 is 32.3 Å². The standard InChI is InChI=1S/C20H23F3N4O4/c1-26-14-10-27(11-15(28)24-8-5-9-31-2)18(29)16(14)17(25-19(26)30)12-6-3-4-7-13(12)20(21,22)23/h3-4,6-7,17H,5,8-11H2,1-2H3,(H,24,28)(H,25,30). The van der Waals surface area contributed by atoms with E-state index in [1.54, 1.807) is 7.11 Å². The molecule has 4 amide bonds. The quantitative estimate of drug-likeness (QED) is 0.631. The number of benzene rings is 1. The molecule has 2 aliphatic heterocycles. The van der Waals surface area contributed by atoms with Gasteiger partial charge in [0.15, 0.2) is 0 Å². The van der Waals surface area contributed by atoms with Crippen molar-refractivity contribution in [3.8, 4) is 0 Å². The maximum atomic E-state index is 13.5. The van der Waals surface area contributed by atoms with Crippen molar-refractivity contribution in [1.82, 2.24) is 20.4 Å². The molecule has 0 bridgehead atoms. The Balaban J connectivity index is 1.85. The molecule has 31 heavy (non-hydrogen) atoms. The van der Waals surface area contributed by atoms with Crippen LogP contribution in [0.15, 0.2) is 35.5 Å². The molecule has 3 rings (SSSR count). The zero-order valence-electron chi connectivity index (χ0n) is 17.1. The summed E-state index contributed by atoms with van der Waals surface area (Å²) in [5.41, 5.74) is -0.837. The molecule has 11 heteroatoms. The zero-order valence-corrected chi connectivity index (χ0v) is 17.1. The Bertz CT molecular complexity index is 916. The second kappa shape index (κ2) is 8.96. The van der Waals surface area contributed by atoms with Gasteiger partial charge in [-0.15, -0.1) is 0 Å². The lowest BCUT2D eigenvalue weighted by molar-refractivity contribution is -0.138. The molecule has 0 aromatic heterocycles. The Morgan fingerprint density at radius 2 is 2.00 bits per heavy atom. The number of halogens is 3. The maximum Gasteiger partial charge on any atom is 0.416 e. The minimum absolute atomic E-state index is 0.0333. The van der Waals surface area contributed by atoms with Gasteiger partial charge < -0.3 is 20.3 Å². The normalized spacial score (nSPS) is 18.9. The number of likely N-dealkylation sites (N-methyl/N-ethyl adjacent to an activating group) is 1. The van der Waals surface area contributed by atoms with Crippen LogP contribution in [0.5, 0.6) is 0 Å². The molecule has 1 aromatic rings. The van der Waals surface area contributed by atoms with Crippen LogP contribution in [0.1, 0.15) is 23.6 Å². The summed E-state index contributed by atoms with van der Waals surface area (Å²) < 4.78 is 45.5. The number of methoxy groups -OCH3 is 1. The van der Waals surface area contributed by atoms with E-state index in [4.69, 9.17) is 4.74 Å². The largest absolute Gasteiger partial charge is 0.416 e. The Morgan fingerprint density at radius 1 is 1.29 bits per heavy atom. The van der Waals surface area contributed by atoms with Crippen molar-refractivity contribution in [1.29, 1.82) is 0 Å². The summed E-state index contributed by atoms with van der Waals surface area (Å²) in [6.45, 7) is 0.518. The third-order valence-corrected chi connectivity index (χ3v) is 5.19. The minimum atomic E-state index is -4.66. The van der Waals surface area contributed by atoms with Gasteiger partial charge in [0, 0.05) is 27.3 Å². The first-order chi connectivity index (χ1) is 14.6. The van der Waals surface area contributed by atoms with E-state index < -0.39 is 35.6 Å². The molecule has 0 saturated heterocycles. The lowest BCUT2D eigenvalue weighted by Crippen LogP contribution is -2.45. The lowest BCUT2D eigenvalue weighted by Gasteiger charge is -2.32. The van der Waals surface area contributed by atoms with Crippen LogP contribution in [0.2, 0.25) is 0 Å². The van der Waals surface area contributed by atoms with E-state index in [1.165, 1.54) is 35.0 Å². The summed E-state index contributed by atoms with van der Waals surface area (Å²) in [4.78, 5) is 40.1. The molecule has 0 aliphatic carbocycles. The fraction of sp³-hybridized carbons (Fsp3) is 0.450. The molecule has 2 heterocycles. The lowest BCUT2D eigenvalue weighted by atomic mass is 9.92. The first-order valence-electron chi connectivity index (χ1n) is 9.63. The van der Waals surface area contributed by atoms with Gasteiger partial charge in [0.2, 0.25) is 5.91 Å². The Kier molecular flexibility index (Phi) is 6.54. The van der Waals surface area contributed by atoms with Gasteiger partial charge in [-0.1, -0.05) is 18.2 Å². The molecule has 0 spiro atoms. The van der Waals surface area contributed by atoms with E-state index in [0.717, 1.165) is 6.07 Å². The van der Waals surface area contributed by atoms with Gasteiger partial charge in [0.25, 0.3) is 5.91 Å². The van der Waals surface area contributed by atoms with Gasteiger partial charge in [-0.25, -0.2) is 4.79 Å². The smallest absolute Gasteiger partial charge is 0.385 e. The average Bonchev–Trinajstić information content (AvgIpc) is 3.04. The monoisotopic (exact) mass is 440 g/mol. The highest BCUT2D eigenvalue weighted by Gasteiger charge is 2.45. The molecule has 168 valence electrons. The maximum absolute atomic E-state index is 13.5. The number of ether oxygens (including phenoxy) is 1. The first kappa shape index (κ1) is 22.6. The van der Waals surface area contributed by atoms with Crippen LogP contribution in [0.25, 0.3) is 0 Å². The van der Waals surface area contributed by atoms with Crippen molar-refractivity contribution in [2.45, 2.75) is 18.6 Å². The van der Waals surface area contributed by atoms with Crippen molar-refractivity contribution in [3.05, 3.63) is 46.7 Å². The van der Waals surface area contributed by atoms with E-state index in [0.29, 0.717) is 19.6 Å². The average molecular weight is 440 g/mol. The van der Waals surface area contributed by atoms with Gasteiger partial charge >= 0.3 is 12.2 Å². The van der Waals surface area contributed by atoms with E-state index in [2.05, 4.69) is 10.6 Å². The number of hydrogen-bond donors (Lipinski definition) is 2.